The number of nitrogens with two attached hydrogens (primary N) is 1. The Morgan fingerprint density at radius 2 is 1.52 bits per heavy atom. The highest BCUT2D eigenvalue weighted by Crippen LogP contribution is 2.38. The third kappa shape index (κ3) is 9.22. The Bertz CT molecular complexity index is 1700. The maximum Gasteiger partial charge on any atom is 0.300 e. The third-order valence-corrected chi connectivity index (χ3v) is 7.42. The van der Waals surface area contributed by atoms with Gasteiger partial charge in [0.15, 0.2) is 11.5 Å². The van der Waals surface area contributed by atoms with E-state index in [9.17, 15) is 18.3 Å². The Morgan fingerprint density at radius 1 is 0.955 bits per heavy atom. The van der Waals surface area contributed by atoms with Crippen LogP contribution in [-0.4, -0.2) is 43.5 Å². The number of carboxylic acid groups (broad SMARTS) is 1. The van der Waals surface area contributed by atoms with E-state index in [1.165, 1.54) is 31.4 Å². The molecule has 13 heteroatoms. The highest BCUT2D eigenvalue weighted by molar-refractivity contribution is 7.92. The molecule has 8 N–H and O–H groups in total. The summed E-state index contributed by atoms with van der Waals surface area (Å²) in [6, 6.07) is 25.1. The Balaban J connectivity index is 0.00000124. The molecule has 230 valence electrons. The van der Waals surface area contributed by atoms with E-state index in [0.717, 1.165) is 12.5 Å². The average Bonchev–Trinajstić information content (AvgIpc) is 3.00. The second-order valence-corrected chi connectivity index (χ2v) is 11.0. The van der Waals surface area contributed by atoms with Gasteiger partial charge in [0.1, 0.15) is 11.9 Å². The zero-order valence-corrected chi connectivity index (χ0v) is 24.8. The Kier molecular flexibility index (Phi) is 11.3. The van der Waals surface area contributed by atoms with Crippen molar-refractivity contribution >= 4 is 39.1 Å². The number of sulfonamides is 1. The first-order chi connectivity index (χ1) is 20.9. The van der Waals surface area contributed by atoms with E-state index in [1.807, 2.05) is 30.3 Å². The minimum absolute atomic E-state index is 0.00844. The van der Waals surface area contributed by atoms with Gasteiger partial charge in [0.25, 0.3) is 16.0 Å². The molecule has 4 aromatic carbocycles. The zero-order chi connectivity index (χ0) is 32.3. The number of carbonyl (C=O) groups is 2. The number of benzene rings is 4. The molecule has 0 radical (unpaired) electrons. The normalized spacial score (nSPS) is 11.2. The van der Waals surface area contributed by atoms with Gasteiger partial charge < -0.3 is 31.3 Å². The topological polar surface area (TPSA) is 204 Å². The first-order valence-electron chi connectivity index (χ1n) is 13.1. The number of nitrogens with one attached hydrogen (secondary N) is 4. The van der Waals surface area contributed by atoms with Crippen LogP contribution in [0.1, 0.15) is 29.7 Å². The number of amidine groups is 1. The number of aromatic hydroxyl groups is 1. The molecule has 0 saturated carbocycles. The van der Waals surface area contributed by atoms with Crippen LogP contribution in [0.2, 0.25) is 0 Å². The molecule has 44 heavy (non-hydrogen) atoms. The van der Waals surface area contributed by atoms with Crippen molar-refractivity contribution in [3.63, 3.8) is 0 Å². The SMILES string of the molecule is CC(=O)O.COc1cc(C(Nc2ccc(C(=N)N)cc2)C(=O)NCc2ccccc2)c(NS(=O)(=O)c2ccccc2)cc1O. The number of carbonyl (C=O) groups excluding carboxylic acids is 1. The molecular weight excluding hydrogens is 586 g/mol. The number of nitrogen functional groups attached to an aromatic ring is 1. The van der Waals surface area contributed by atoms with Crippen molar-refractivity contribution in [1.82, 2.24) is 5.32 Å². The van der Waals surface area contributed by atoms with E-state index < -0.39 is 27.9 Å². The van der Waals surface area contributed by atoms with Crippen molar-refractivity contribution in [3.05, 3.63) is 114 Å². The summed E-state index contributed by atoms with van der Waals surface area (Å²) in [6.07, 6.45) is 0. The molecule has 1 amide bonds. The summed E-state index contributed by atoms with van der Waals surface area (Å²) in [4.78, 5) is 22.7. The molecule has 4 aromatic rings. The number of aliphatic carboxylic acids is 1. The van der Waals surface area contributed by atoms with Gasteiger partial charge in [-0.05, 0) is 48.0 Å². The number of phenolic OH excluding ortho intramolecular Hbond substituents is 1. The largest absolute Gasteiger partial charge is 0.504 e. The quantitative estimate of drug-likeness (QED) is 0.0954. The fourth-order valence-electron chi connectivity index (χ4n) is 3.96. The molecule has 1 atom stereocenters. The van der Waals surface area contributed by atoms with E-state index >= 15 is 0 Å². The van der Waals surface area contributed by atoms with Crippen molar-refractivity contribution in [2.45, 2.75) is 24.4 Å². The minimum atomic E-state index is -4.07. The predicted molar refractivity (Wildman–Crippen MR) is 167 cm³/mol. The van der Waals surface area contributed by atoms with Crippen LogP contribution in [0.3, 0.4) is 0 Å². The van der Waals surface area contributed by atoms with E-state index in [0.29, 0.717) is 11.3 Å². The molecule has 0 saturated heterocycles. The van der Waals surface area contributed by atoms with Crippen LogP contribution in [-0.2, 0) is 26.2 Å². The molecule has 0 aromatic heterocycles. The fraction of sp³-hybridized carbons (Fsp3) is 0.129. The van der Waals surface area contributed by atoms with Gasteiger partial charge in [-0.3, -0.25) is 19.7 Å². The van der Waals surface area contributed by atoms with Crippen LogP contribution in [0.15, 0.2) is 102 Å². The molecular formula is C31H33N5O7S. The van der Waals surface area contributed by atoms with Crippen LogP contribution >= 0.6 is 0 Å². The second-order valence-electron chi connectivity index (χ2n) is 9.32. The molecule has 0 heterocycles. The summed E-state index contributed by atoms with van der Waals surface area (Å²) in [7, 11) is -2.72. The van der Waals surface area contributed by atoms with Gasteiger partial charge in [0.05, 0.1) is 17.7 Å². The van der Waals surface area contributed by atoms with E-state index in [4.69, 9.17) is 25.8 Å². The standard InChI is InChI=1S/C29H29N5O5S.C2H4O2/c1-39-26-16-23(24(17-25(26)35)34-40(37,38)22-10-6-3-7-11-22)27(29(36)32-18-19-8-4-2-5-9-19)33-21-14-12-20(13-15-21)28(30)31;1-2(3)4/h2-17,27,33-35H,18H2,1H3,(H3,30,31)(H,32,36);1H3,(H,3,4). The number of hydrogen-bond acceptors (Lipinski definition) is 8. The molecule has 0 aliphatic rings. The number of hydrogen-bond donors (Lipinski definition) is 7. The van der Waals surface area contributed by atoms with Gasteiger partial charge in [0.2, 0.25) is 5.91 Å². The molecule has 0 aliphatic carbocycles. The smallest absolute Gasteiger partial charge is 0.300 e. The third-order valence-electron chi connectivity index (χ3n) is 6.04. The van der Waals surface area contributed by atoms with Crippen LogP contribution in [0.5, 0.6) is 11.5 Å². The number of rotatable bonds is 11. The van der Waals surface area contributed by atoms with Gasteiger partial charge in [-0.1, -0.05) is 48.5 Å². The molecule has 0 fully saturated rings. The highest BCUT2D eigenvalue weighted by atomic mass is 32.2. The van der Waals surface area contributed by atoms with Crippen molar-refractivity contribution < 1.29 is 33.0 Å². The van der Waals surface area contributed by atoms with Gasteiger partial charge in [-0.15, -0.1) is 0 Å². The maximum absolute atomic E-state index is 13.7. The summed E-state index contributed by atoms with van der Waals surface area (Å²) in [5.74, 6) is -1.67. The van der Waals surface area contributed by atoms with Crippen LogP contribution in [0, 0.1) is 5.41 Å². The lowest BCUT2D eigenvalue weighted by molar-refractivity contribution is -0.134. The molecule has 4 rings (SSSR count). The van der Waals surface area contributed by atoms with Gasteiger partial charge in [0, 0.05) is 36.3 Å². The summed E-state index contributed by atoms with van der Waals surface area (Å²) < 4.78 is 34.2. The monoisotopic (exact) mass is 619 g/mol. The van der Waals surface area contributed by atoms with Crippen LogP contribution < -0.4 is 25.8 Å². The number of anilines is 2. The number of amides is 1. The van der Waals surface area contributed by atoms with E-state index in [1.54, 1.807) is 42.5 Å². The number of methoxy groups -OCH3 is 1. The summed E-state index contributed by atoms with van der Waals surface area (Å²) in [6.45, 7) is 1.31. The Morgan fingerprint density at radius 3 is 2.07 bits per heavy atom. The van der Waals surface area contributed by atoms with E-state index in [-0.39, 0.29) is 40.0 Å². The minimum Gasteiger partial charge on any atom is -0.504 e. The summed E-state index contributed by atoms with van der Waals surface area (Å²) in [5, 5.41) is 31.6. The van der Waals surface area contributed by atoms with Crippen molar-refractivity contribution in [2.24, 2.45) is 5.73 Å². The first kappa shape index (κ1) is 32.9. The Hall–Kier alpha value is -5.56. The number of phenols is 1. The maximum atomic E-state index is 13.7. The highest BCUT2D eigenvalue weighted by Gasteiger charge is 2.28. The second kappa shape index (κ2) is 15.1. The molecule has 0 bridgehead atoms. The van der Waals surface area contributed by atoms with Crippen LogP contribution in [0.25, 0.3) is 0 Å². The molecule has 1 unspecified atom stereocenters. The zero-order valence-electron chi connectivity index (χ0n) is 23.9. The van der Waals surface area contributed by atoms with Crippen molar-refractivity contribution in [1.29, 1.82) is 5.41 Å². The van der Waals surface area contributed by atoms with Crippen molar-refractivity contribution in [3.8, 4) is 11.5 Å². The average molecular weight is 620 g/mol. The number of ether oxygens (including phenoxy) is 1. The van der Waals surface area contributed by atoms with E-state index in [2.05, 4.69) is 15.4 Å². The van der Waals surface area contributed by atoms with Gasteiger partial charge in [-0.2, -0.15) is 0 Å². The number of carboxylic acids is 1. The molecule has 12 nitrogen and oxygen atoms in total. The molecule has 0 aliphatic heterocycles. The Labute approximate surface area is 255 Å². The lowest BCUT2D eigenvalue weighted by Crippen LogP contribution is -2.34. The molecule has 0 spiro atoms. The van der Waals surface area contributed by atoms with Crippen molar-refractivity contribution in [2.75, 3.05) is 17.1 Å². The lowest BCUT2D eigenvalue weighted by atomic mass is 10.0. The summed E-state index contributed by atoms with van der Waals surface area (Å²) in [5.41, 5.74) is 7.63. The van der Waals surface area contributed by atoms with Crippen LogP contribution in [0.4, 0.5) is 11.4 Å². The van der Waals surface area contributed by atoms with Gasteiger partial charge >= 0.3 is 0 Å². The fourth-order valence-corrected chi connectivity index (χ4v) is 5.06. The summed E-state index contributed by atoms with van der Waals surface area (Å²) >= 11 is 0. The van der Waals surface area contributed by atoms with Gasteiger partial charge in [-0.25, -0.2) is 8.42 Å². The lowest BCUT2D eigenvalue weighted by Gasteiger charge is -2.24. The first-order valence-corrected chi connectivity index (χ1v) is 14.6. The predicted octanol–water partition coefficient (Wildman–Crippen LogP) is 4.05.